The molecular weight excluding hydrogens is 290 g/mol. The van der Waals surface area contributed by atoms with Crippen LogP contribution in [0.5, 0.6) is 0 Å². The van der Waals surface area contributed by atoms with Crippen LogP contribution in [0.3, 0.4) is 0 Å². The fraction of sp³-hybridized carbons (Fsp3) is 0.267. The Morgan fingerprint density at radius 3 is 2.67 bits per heavy atom. The molecule has 0 aliphatic heterocycles. The van der Waals surface area contributed by atoms with Gasteiger partial charge in [0, 0.05) is 16.6 Å². The number of nitrogens with one attached hydrogen (secondary N) is 1. The Hall–Kier alpha value is -2.14. The second kappa shape index (κ2) is 6.10. The third-order valence-corrected chi connectivity index (χ3v) is 3.38. The van der Waals surface area contributed by atoms with Crippen LogP contribution in [0.1, 0.15) is 41.6 Å². The Kier molecular flexibility index (Phi) is 4.43. The number of hydrogen-bond acceptors (Lipinski definition) is 4. The summed E-state index contributed by atoms with van der Waals surface area (Å²) in [7, 11) is 0. The summed E-state index contributed by atoms with van der Waals surface area (Å²) in [6, 6.07) is 5.41. The lowest BCUT2D eigenvalue weighted by Crippen LogP contribution is -2.10. The zero-order valence-electron chi connectivity index (χ0n) is 12.0. The topological polar surface area (TPSA) is 75.1 Å². The molecule has 1 heterocycles. The quantitative estimate of drug-likeness (QED) is 0.893. The highest BCUT2D eigenvalue weighted by molar-refractivity contribution is 6.31. The van der Waals surface area contributed by atoms with Gasteiger partial charge in [-0.25, -0.2) is 14.8 Å². The van der Waals surface area contributed by atoms with Crippen LogP contribution in [0.25, 0.3) is 0 Å². The van der Waals surface area contributed by atoms with Crippen molar-refractivity contribution in [2.45, 2.75) is 26.7 Å². The van der Waals surface area contributed by atoms with E-state index in [1.807, 2.05) is 32.9 Å². The predicted molar refractivity (Wildman–Crippen MR) is 82.6 cm³/mol. The minimum Gasteiger partial charge on any atom is -0.476 e. The second-order valence-corrected chi connectivity index (χ2v) is 5.45. The van der Waals surface area contributed by atoms with Gasteiger partial charge in [0.15, 0.2) is 5.69 Å². The zero-order chi connectivity index (χ0) is 15.6. The normalized spacial score (nSPS) is 10.7. The Morgan fingerprint density at radius 2 is 2.10 bits per heavy atom. The van der Waals surface area contributed by atoms with Gasteiger partial charge < -0.3 is 10.4 Å². The molecule has 21 heavy (non-hydrogen) atoms. The minimum atomic E-state index is -1.10. The summed E-state index contributed by atoms with van der Waals surface area (Å²) in [4.78, 5) is 19.6. The standard InChI is InChI=1S/C15H16ClN3O2/c1-8(2)14-17-7-12(13(19-14)15(20)21)18-10-5-4-9(3)11(16)6-10/h4-8,18H,1-3H3,(H,20,21). The lowest BCUT2D eigenvalue weighted by atomic mass is 10.2. The van der Waals surface area contributed by atoms with Crippen molar-refractivity contribution in [2.75, 3.05) is 5.32 Å². The number of carboxylic acid groups (broad SMARTS) is 1. The van der Waals surface area contributed by atoms with Crippen molar-refractivity contribution in [3.05, 3.63) is 46.5 Å². The van der Waals surface area contributed by atoms with Gasteiger partial charge in [0.05, 0.1) is 11.9 Å². The largest absolute Gasteiger partial charge is 0.476 e. The van der Waals surface area contributed by atoms with Gasteiger partial charge >= 0.3 is 5.97 Å². The number of carboxylic acids is 1. The number of anilines is 2. The Morgan fingerprint density at radius 1 is 1.38 bits per heavy atom. The summed E-state index contributed by atoms with van der Waals surface area (Å²) in [5, 5.41) is 12.9. The van der Waals surface area contributed by atoms with Crippen LogP contribution >= 0.6 is 11.6 Å². The molecule has 0 unspecified atom stereocenters. The molecule has 6 heteroatoms. The average molecular weight is 306 g/mol. The Bertz CT molecular complexity index is 687. The van der Waals surface area contributed by atoms with Gasteiger partial charge in [-0.2, -0.15) is 0 Å². The number of nitrogens with zero attached hydrogens (tertiary/aromatic N) is 2. The molecule has 0 bridgehead atoms. The van der Waals surface area contributed by atoms with Crippen LogP contribution in [-0.4, -0.2) is 21.0 Å². The second-order valence-electron chi connectivity index (χ2n) is 5.04. The number of aryl methyl sites for hydroxylation is 1. The van der Waals surface area contributed by atoms with Crippen LogP contribution < -0.4 is 5.32 Å². The molecule has 1 aromatic heterocycles. The molecule has 0 aliphatic rings. The van der Waals surface area contributed by atoms with Crippen molar-refractivity contribution in [1.82, 2.24) is 9.97 Å². The lowest BCUT2D eigenvalue weighted by molar-refractivity contribution is 0.0691. The molecule has 0 amide bonds. The first-order chi connectivity index (χ1) is 9.88. The highest BCUT2D eigenvalue weighted by Gasteiger charge is 2.16. The maximum atomic E-state index is 11.4. The van der Waals surface area contributed by atoms with Crippen LogP contribution in [0, 0.1) is 6.92 Å². The molecule has 5 nitrogen and oxygen atoms in total. The van der Waals surface area contributed by atoms with Crippen molar-refractivity contribution in [3.8, 4) is 0 Å². The summed E-state index contributed by atoms with van der Waals surface area (Å²) in [6.45, 7) is 5.72. The van der Waals surface area contributed by atoms with E-state index in [2.05, 4.69) is 15.3 Å². The van der Waals surface area contributed by atoms with E-state index in [1.165, 1.54) is 6.20 Å². The van der Waals surface area contributed by atoms with E-state index in [9.17, 15) is 9.90 Å². The number of benzene rings is 1. The molecule has 0 spiro atoms. The molecule has 0 aliphatic carbocycles. The van der Waals surface area contributed by atoms with Gasteiger partial charge in [-0.15, -0.1) is 0 Å². The van der Waals surface area contributed by atoms with Crippen molar-refractivity contribution in [2.24, 2.45) is 0 Å². The molecule has 0 radical (unpaired) electrons. The first-order valence-electron chi connectivity index (χ1n) is 6.52. The molecular formula is C15H16ClN3O2. The van der Waals surface area contributed by atoms with E-state index < -0.39 is 5.97 Å². The molecule has 2 rings (SSSR count). The number of rotatable bonds is 4. The molecule has 2 aromatic rings. The summed E-state index contributed by atoms with van der Waals surface area (Å²) >= 11 is 6.06. The molecule has 0 fully saturated rings. The van der Waals surface area contributed by atoms with Crippen molar-refractivity contribution < 1.29 is 9.90 Å². The van der Waals surface area contributed by atoms with E-state index in [0.717, 1.165) is 5.56 Å². The number of halogens is 1. The molecule has 2 N–H and O–H groups in total. The van der Waals surface area contributed by atoms with E-state index >= 15 is 0 Å². The number of hydrogen-bond donors (Lipinski definition) is 2. The highest BCUT2D eigenvalue weighted by Crippen LogP contribution is 2.25. The number of carbonyl (C=O) groups is 1. The third kappa shape index (κ3) is 3.49. The minimum absolute atomic E-state index is 0.0506. The number of aromatic carboxylic acids is 1. The van der Waals surface area contributed by atoms with Gasteiger partial charge in [-0.1, -0.05) is 31.5 Å². The van der Waals surface area contributed by atoms with Crippen LogP contribution in [-0.2, 0) is 0 Å². The van der Waals surface area contributed by atoms with Gasteiger partial charge in [0.25, 0.3) is 0 Å². The third-order valence-electron chi connectivity index (χ3n) is 2.98. The Labute approximate surface area is 128 Å². The summed E-state index contributed by atoms with van der Waals surface area (Å²) in [5.74, 6) is -0.536. The van der Waals surface area contributed by atoms with Crippen molar-refractivity contribution >= 4 is 28.9 Å². The summed E-state index contributed by atoms with van der Waals surface area (Å²) in [6.07, 6.45) is 1.49. The van der Waals surface area contributed by atoms with Crippen LogP contribution in [0.2, 0.25) is 5.02 Å². The van der Waals surface area contributed by atoms with E-state index in [1.54, 1.807) is 6.07 Å². The van der Waals surface area contributed by atoms with Crippen LogP contribution in [0.15, 0.2) is 24.4 Å². The van der Waals surface area contributed by atoms with Gasteiger partial charge in [-0.05, 0) is 24.6 Å². The maximum absolute atomic E-state index is 11.4. The van der Waals surface area contributed by atoms with Crippen molar-refractivity contribution in [1.29, 1.82) is 0 Å². The summed E-state index contributed by atoms with van der Waals surface area (Å²) in [5.41, 5.74) is 1.93. The van der Waals surface area contributed by atoms with E-state index in [0.29, 0.717) is 22.2 Å². The van der Waals surface area contributed by atoms with Gasteiger partial charge in [0.1, 0.15) is 5.82 Å². The average Bonchev–Trinajstić information content (AvgIpc) is 2.43. The smallest absolute Gasteiger partial charge is 0.356 e. The molecule has 0 saturated heterocycles. The monoisotopic (exact) mass is 305 g/mol. The molecule has 0 saturated carbocycles. The summed E-state index contributed by atoms with van der Waals surface area (Å²) < 4.78 is 0. The Balaban J connectivity index is 2.39. The number of aromatic nitrogens is 2. The van der Waals surface area contributed by atoms with E-state index in [-0.39, 0.29) is 11.6 Å². The highest BCUT2D eigenvalue weighted by atomic mass is 35.5. The van der Waals surface area contributed by atoms with Gasteiger partial charge in [0.2, 0.25) is 0 Å². The fourth-order valence-corrected chi connectivity index (χ4v) is 1.93. The molecule has 1 aromatic carbocycles. The predicted octanol–water partition coefficient (Wildman–Crippen LogP) is 4.00. The van der Waals surface area contributed by atoms with Crippen molar-refractivity contribution in [3.63, 3.8) is 0 Å². The molecule has 110 valence electrons. The van der Waals surface area contributed by atoms with Crippen LogP contribution in [0.4, 0.5) is 11.4 Å². The maximum Gasteiger partial charge on any atom is 0.356 e. The SMILES string of the molecule is Cc1ccc(Nc2cnc(C(C)C)nc2C(=O)O)cc1Cl. The first kappa shape index (κ1) is 15.3. The molecule has 0 atom stereocenters. The lowest BCUT2D eigenvalue weighted by Gasteiger charge is -2.12. The zero-order valence-corrected chi connectivity index (χ0v) is 12.8. The first-order valence-corrected chi connectivity index (χ1v) is 6.89. The van der Waals surface area contributed by atoms with Gasteiger partial charge in [-0.3, -0.25) is 0 Å². The van der Waals surface area contributed by atoms with E-state index in [4.69, 9.17) is 11.6 Å². The fourth-order valence-electron chi connectivity index (χ4n) is 1.75.